The molecule has 0 radical (unpaired) electrons. The number of aromatic nitrogens is 1. The Hall–Kier alpha value is -3.06. The van der Waals surface area contributed by atoms with Crippen LogP contribution in [0.5, 0.6) is 0 Å². The fourth-order valence-electron chi connectivity index (χ4n) is 3.82. The number of nitrogens with zero attached hydrogens (tertiary/aromatic N) is 2. The van der Waals surface area contributed by atoms with Crippen LogP contribution < -0.4 is 5.32 Å². The molecule has 2 heterocycles. The summed E-state index contributed by atoms with van der Waals surface area (Å²) in [5.74, 6) is -1.27. The Balaban J connectivity index is 1.61. The number of para-hydroxylation sites is 2. The van der Waals surface area contributed by atoms with Crippen LogP contribution in [0.4, 0.5) is 5.69 Å². The van der Waals surface area contributed by atoms with Crippen LogP contribution >= 0.6 is 11.8 Å². The highest BCUT2D eigenvalue weighted by molar-refractivity contribution is 7.98. The van der Waals surface area contributed by atoms with Crippen molar-refractivity contribution in [1.29, 1.82) is 0 Å². The van der Waals surface area contributed by atoms with Gasteiger partial charge in [0.25, 0.3) is 11.7 Å². The van der Waals surface area contributed by atoms with Crippen molar-refractivity contribution in [3.63, 3.8) is 0 Å². The van der Waals surface area contributed by atoms with Crippen molar-refractivity contribution in [2.75, 3.05) is 24.7 Å². The van der Waals surface area contributed by atoms with Crippen LogP contribution in [0, 0.1) is 0 Å². The van der Waals surface area contributed by atoms with Crippen LogP contribution in [-0.4, -0.2) is 46.4 Å². The van der Waals surface area contributed by atoms with Crippen LogP contribution in [-0.2, 0) is 16.1 Å². The molecular formula is C23H23N3O3S. The van der Waals surface area contributed by atoms with Gasteiger partial charge in [-0.1, -0.05) is 30.3 Å². The monoisotopic (exact) mass is 421 g/mol. The highest BCUT2D eigenvalue weighted by Gasteiger charge is 2.24. The fourth-order valence-corrected chi connectivity index (χ4v) is 4.37. The molecule has 7 heteroatoms. The van der Waals surface area contributed by atoms with Gasteiger partial charge in [-0.2, -0.15) is 0 Å². The molecule has 1 fully saturated rings. The van der Waals surface area contributed by atoms with Gasteiger partial charge in [-0.05, 0) is 37.3 Å². The van der Waals surface area contributed by atoms with Crippen LogP contribution in [0.25, 0.3) is 10.9 Å². The van der Waals surface area contributed by atoms with Crippen molar-refractivity contribution >= 4 is 45.9 Å². The standard InChI is InChI=1S/C23H23N3O3S/c1-30-20-11-5-3-9-18(20)24-23(29)22(28)17-14-26(19-10-4-2-8-16(17)19)15-21(27)25-12-6-7-13-25/h2-5,8-11,14H,6-7,12-13,15H2,1H3,(H,24,29). The predicted molar refractivity (Wildman–Crippen MR) is 119 cm³/mol. The van der Waals surface area contributed by atoms with Crippen LogP contribution in [0.2, 0.25) is 0 Å². The maximum Gasteiger partial charge on any atom is 0.296 e. The minimum Gasteiger partial charge on any atom is -0.341 e. The van der Waals surface area contributed by atoms with Gasteiger partial charge in [-0.15, -0.1) is 11.8 Å². The summed E-state index contributed by atoms with van der Waals surface area (Å²) >= 11 is 1.50. The Kier molecular flexibility index (Phi) is 5.90. The third-order valence-electron chi connectivity index (χ3n) is 5.36. The van der Waals surface area contributed by atoms with Gasteiger partial charge in [0.1, 0.15) is 6.54 Å². The van der Waals surface area contributed by atoms with E-state index >= 15 is 0 Å². The number of nitrogens with one attached hydrogen (secondary N) is 1. The molecule has 1 aliphatic heterocycles. The summed E-state index contributed by atoms with van der Waals surface area (Å²) in [5.41, 5.74) is 1.68. The van der Waals surface area contributed by atoms with E-state index in [2.05, 4.69) is 5.32 Å². The maximum atomic E-state index is 13.0. The molecule has 3 aromatic rings. The average molecular weight is 422 g/mol. The number of hydrogen-bond acceptors (Lipinski definition) is 4. The number of likely N-dealkylation sites (tertiary alicyclic amines) is 1. The molecule has 2 amide bonds. The average Bonchev–Trinajstić information content (AvgIpc) is 3.42. The van der Waals surface area contributed by atoms with E-state index in [1.54, 1.807) is 16.8 Å². The van der Waals surface area contributed by atoms with Gasteiger partial charge in [0.15, 0.2) is 0 Å². The van der Waals surface area contributed by atoms with Crippen LogP contribution in [0.1, 0.15) is 23.2 Å². The molecule has 4 rings (SSSR count). The van der Waals surface area contributed by atoms with Gasteiger partial charge in [0.05, 0.1) is 11.3 Å². The maximum absolute atomic E-state index is 13.0. The van der Waals surface area contributed by atoms with Crippen LogP contribution in [0.15, 0.2) is 59.6 Å². The lowest BCUT2D eigenvalue weighted by Crippen LogP contribution is -2.30. The number of ketones is 1. The normalized spacial score (nSPS) is 13.6. The third-order valence-corrected chi connectivity index (χ3v) is 6.15. The smallest absolute Gasteiger partial charge is 0.296 e. The molecule has 6 nitrogen and oxygen atoms in total. The van der Waals surface area contributed by atoms with Crippen molar-refractivity contribution in [2.24, 2.45) is 0 Å². The Labute approximate surface area is 179 Å². The third kappa shape index (κ3) is 3.98. The predicted octanol–water partition coefficient (Wildman–Crippen LogP) is 3.81. The second kappa shape index (κ2) is 8.75. The fraction of sp³-hybridized carbons (Fsp3) is 0.261. The SMILES string of the molecule is CSc1ccccc1NC(=O)C(=O)c1cn(CC(=O)N2CCCC2)c2ccccc12. The zero-order valence-electron chi connectivity index (χ0n) is 16.8. The Bertz CT molecular complexity index is 1120. The number of fused-ring (bicyclic) bond motifs is 1. The number of hydrogen-bond donors (Lipinski definition) is 1. The first-order valence-electron chi connectivity index (χ1n) is 9.93. The highest BCUT2D eigenvalue weighted by Crippen LogP contribution is 2.26. The van der Waals surface area contributed by atoms with E-state index in [1.165, 1.54) is 11.8 Å². The topological polar surface area (TPSA) is 71.4 Å². The van der Waals surface area contributed by atoms with Gasteiger partial charge in [-0.3, -0.25) is 14.4 Å². The number of carbonyl (C=O) groups is 3. The van der Waals surface area contributed by atoms with Crippen molar-refractivity contribution in [2.45, 2.75) is 24.3 Å². The minimum absolute atomic E-state index is 0.0330. The molecule has 30 heavy (non-hydrogen) atoms. The first-order valence-corrected chi connectivity index (χ1v) is 11.2. The van der Waals surface area contributed by atoms with E-state index in [-0.39, 0.29) is 12.5 Å². The van der Waals surface area contributed by atoms with E-state index in [0.29, 0.717) is 16.6 Å². The van der Waals surface area contributed by atoms with Gasteiger partial charge in [0, 0.05) is 35.1 Å². The Morgan fingerprint density at radius 2 is 1.70 bits per heavy atom. The lowest BCUT2D eigenvalue weighted by molar-refractivity contribution is -0.130. The highest BCUT2D eigenvalue weighted by atomic mass is 32.2. The lowest BCUT2D eigenvalue weighted by atomic mass is 10.1. The van der Waals surface area contributed by atoms with E-state index < -0.39 is 11.7 Å². The number of benzene rings is 2. The molecule has 1 aromatic heterocycles. The Morgan fingerprint density at radius 1 is 1.00 bits per heavy atom. The zero-order valence-corrected chi connectivity index (χ0v) is 17.6. The molecule has 1 saturated heterocycles. The van der Waals surface area contributed by atoms with Crippen LogP contribution in [0.3, 0.4) is 0 Å². The summed E-state index contributed by atoms with van der Waals surface area (Å²) in [7, 11) is 0. The van der Waals surface area contributed by atoms with Crippen molar-refractivity contribution in [1.82, 2.24) is 9.47 Å². The number of anilines is 1. The number of Topliss-reactive ketones (excluding diaryl/α,β-unsaturated/α-hetero) is 1. The molecule has 0 saturated carbocycles. The molecule has 0 unspecified atom stereocenters. The van der Waals surface area contributed by atoms with Gasteiger partial charge in [-0.25, -0.2) is 0 Å². The molecule has 1 aliphatic rings. The molecule has 0 spiro atoms. The quantitative estimate of drug-likeness (QED) is 0.373. The molecular weight excluding hydrogens is 398 g/mol. The number of thioether (sulfide) groups is 1. The number of rotatable bonds is 6. The molecule has 0 aliphatic carbocycles. The summed E-state index contributed by atoms with van der Waals surface area (Å²) < 4.78 is 1.77. The van der Waals surface area contributed by atoms with Gasteiger partial charge >= 0.3 is 0 Å². The minimum atomic E-state index is -0.690. The number of carbonyl (C=O) groups excluding carboxylic acids is 3. The second-order valence-corrected chi connectivity index (χ2v) is 8.11. The van der Waals surface area contributed by atoms with E-state index in [4.69, 9.17) is 0 Å². The van der Waals surface area contributed by atoms with Crippen molar-refractivity contribution in [3.8, 4) is 0 Å². The first kappa shape index (κ1) is 20.2. The lowest BCUT2D eigenvalue weighted by Gasteiger charge is -2.15. The summed E-state index contributed by atoms with van der Waals surface area (Å²) in [4.78, 5) is 41.1. The van der Waals surface area contributed by atoms with Gasteiger partial charge in [0.2, 0.25) is 5.91 Å². The largest absolute Gasteiger partial charge is 0.341 e. The van der Waals surface area contributed by atoms with E-state index in [0.717, 1.165) is 36.3 Å². The summed E-state index contributed by atoms with van der Waals surface area (Å²) in [5, 5.41) is 3.40. The summed E-state index contributed by atoms with van der Waals surface area (Å²) in [6, 6.07) is 14.7. The molecule has 1 N–H and O–H groups in total. The Morgan fingerprint density at radius 3 is 2.47 bits per heavy atom. The van der Waals surface area contributed by atoms with Gasteiger partial charge < -0.3 is 14.8 Å². The van der Waals surface area contributed by atoms with E-state index in [9.17, 15) is 14.4 Å². The first-order chi connectivity index (χ1) is 14.6. The molecule has 2 aromatic carbocycles. The summed E-state index contributed by atoms with van der Waals surface area (Å²) in [6.45, 7) is 1.72. The molecule has 154 valence electrons. The second-order valence-electron chi connectivity index (χ2n) is 7.26. The zero-order chi connectivity index (χ0) is 21.1. The number of amides is 2. The molecule has 0 bridgehead atoms. The van der Waals surface area contributed by atoms with Crippen molar-refractivity contribution < 1.29 is 14.4 Å². The van der Waals surface area contributed by atoms with Crippen molar-refractivity contribution in [3.05, 3.63) is 60.3 Å². The van der Waals surface area contributed by atoms with E-state index in [1.807, 2.05) is 53.6 Å². The summed E-state index contributed by atoms with van der Waals surface area (Å²) in [6.07, 6.45) is 5.60. The molecule has 0 atom stereocenters.